The Bertz CT molecular complexity index is 798. The normalized spacial score (nSPS) is 17.7. The second-order valence-corrected chi connectivity index (χ2v) is 10.8. The topological polar surface area (TPSA) is 107 Å². The fourth-order valence-electron chi connectivity index (χ4n) is 3.54. The third-order valence-corrected chi connectivity index (χ3v) is 7.22. The number of rotatable bonds is 10. The van der Waals surface area contributed by atoms with E-state index in [1.54, 1.807) is 6.07 Å². The van der Waals surface area contributed by atoms with Crippen LogP contribution in [-0.4, -0.2) is 39.1 Å². The predicted octanol–water partition coefficient (Wildman–Crippen LogP) is 3.76. The van der Waals surface area contributed by atoms with Gasteiger partial charge in [0.25, 0.3) is 17.9 Å². The van der Waals surface area contributed by atoms with Gasteiger partial charge in [-0.15, -0.1) is 0 Å². The number of benzene rings is 1. The first-order valence-electron chi connectivity index (χ1n) is 10.6. The van der Waals surface area contributed by atoms with Crippen molar-refractivity contribution < 1.29 is 41.9 Å². The van der Waals surface area contributed by atoms with Gasteiger partial charge in [0.1, 0.15) is 11.5 Å². The van der Waals surface area contributed by atoms with Gasteiger partial charge in [0.2, 0.25) is 5.79 Å². The molecule has 0 radical (unpaired) electrons. The van der Waals surface area contributed by atoms with Crippen LogP contribution in [-0.2, 0) is 39.0 Å². The highest BCUT2D eigenvalue weighted by molar-refractivity contribution is 6.65. The van der Waals surface area contributed by atoms with Gasteiger partial charge in [-0.25, -0.2) is 0 Å². The molecule has 1 atom stereocenters. The Labute approximate surface area is 189 Å². The van der Waals surface area contributed by atoms with Crippen LogP contribution in [0.2, 0.25) is 6.04 Å². The summed E-state index contributed by atoms with van der Waals surface area (Å²) >= 11 is 0. The molecule has 0 fully saturated rings. The molecule has 0 aromatic heterocycles. The number of carbonyl (C=O) groups is 3. The average Bonchev–Trinajstić information content (AvgIpc) is 2.62. The predicted molar refractivity (Wildman–Crippen MR) is 116 cm³/mol. The fourth-order valence-corrected chi connectivity index (χ4v) is 5.87. The van der Waals surface area contributed by atoms with E-state index in [2.05, 4.69) is 13.8 Å². The van der Waals surface area contributed by atoms with Crippen LogP contribution >= 0.6 is 0 Å². The Kier molecular flexibility index (Phi) is 8.68. The largest absolute Gasteiger partial charge is 0.705 e. The second-order valence-electron chi connectivity index (χ2n) is 8.31. The summed E-state index contributed by atoms with van der Waals surface area (Å²) in [6, 6.07) is 5.55. The first kappa shape index (κ1) is 25.7. The maximum atomic E-state index is 11.5. The van der Waals surface area contributed by atoms with Crippen molar-refractivity contribution in [2.75, 3.05) is 6.61 Å². The second kappa shape index (κ2) is 10.8. The molecule has 1 heterocycles. The van der Waals surface area contributed by atoms with Crippen LogP contribution in [0.15, 0.2) is 18.2 Å². The van der Waals surface area contributed by atoms with E-state index in [0.29, 0.717) is 24.7 Å². The van der Waals surface area contributed by atoms with Gasteiger partial charge in [-0.3, -0.25) is 14.4 Å². The minimum absolute atomic E-state index is 0.0520. The van der Waals surface area contributed by atoms with Gasteiger partial charge in [0.05, 0.1) is 19.3 Å². The quantitative estimate of drug-likeness (QED) is 0.375. The number of fused-ring (bicyclic) bond motifs is 1. The molecule has 1 aromatic rings. The van der Waals surface area contributed by atoms with Crippen molar-refractivity contribution in [2.24, 2.45) is 5.92 Å². The molecule has 1 aliphatic heterocycles. The van der Waals surface area contributed by atoms with E-state index >= 15 is 0 Å². The maximum absolute atomic E-state index is 11.5. The molecule has 0 spiro atoms. The molecule has 32 heavy (non-hydrogen) atoms. The lowest BCUT2D eigenvalue weighted by atomic mass is 10.0. The zero-order chi connectivity index (χ0) is 23.9. The molecule has 0 bridgehead atoms. The first-order valence-corrected chi connectivity index (χ1v) is 12.5. The van der Waals surface area contributed by atoms with Crippen molar-refractivity contribution in [2.45, 2.75) is 72.8 Å². The van der Waals surface area contributed by atoms with Gasteiger partial charge < -0.3 is 27.5 Å². The Hall–Kier alpha value is -2.59. The molecule has 0 saturated heterocycles. The monoisotopic (exact) mass is 468 g/mol. The smallest absolute Gasteiger partial charge is 0.494 e. The summed E-state index contributed by atoms with van der Waals surface area (Å²) in [6.45, 7) is 10.3. The van der Waals surface area contributed by atoms with E-state index in [-0.39, 0.29) is 12.7 Å². The van der Waals surface area contributed by atoms with E-state index in [1.807, 2.05) is 19.1 Å². The van der Waals surface area contributed by atoms with Crippen molar-refractivity contribution in [1.29, 1.82) is 0 Å². The molecule has 0 amide bonds. The summed E-state index contributed by atoms with van der Waals surface area (Å²) in [7, 11) is -3.84. The van der Waals surface area contributed by atoms with E-state index < -0.39 is 32.5 Å². The summed E-state index contributed by atoms with van der Waals surface area (Å²) in [5, 5.41) is 0. The highest BCUT2D eigenvalue weighted by Crippen LogP contribution is 2.36. The van der Waals surface area contributed by atoms with Crippen LogP contribution in [0, 0.1) is 5.92 Å². The highest BCUT2D eigenvalue weighted by atomic mass is 28.4. The Balaban J connectivity index is 1.98. The summed E-state index contributed by atoms with van der Waals surface area (Å²) < 4.78 is 33.2. The van der Waals surface area contributed by atoms with Gasteiger partial charge in [-0.2, -0.15) is 0 Å². The summed E-state index contributed by atoms with van der Waals surface area (Å²) in [4.78, 5) is 34.5. The molecule has 0 aliphatic carbocycles. The fraction of sp³-hybridized carbons (Fsp3) is 0.591. The molecule has 1 aliphatic rings. The first-order chi connectivity index (χ1) is 14.9. The van der Waals surface area contributed by atoms with E-state index in [0.717, 1.165) is 38.5 Å². The molecule has 10 heteroatoms. The molecule has 9 nitrogen and oxygen atoms in total. The van der Waals surface area contributed by atoms with Crippen LogP contribution in [0.5, 0.6) is 11.5 Å². The van der Waals surface area contributed by atoms with Crippen LogP contribution in [0.3, 0.4) is 0 Å². The van der Waals surface area contributed by atoms with Crippen molar-refractivity contribution in [3.63, 3.8) is 0 Å². The molecular weight excluding hydrogens is 436 g/mol. The number of carbonyl (C=O) groups excluding carboxylic acids is 3. The minimum atomic E-state index is -3.84. The Morgan fingerprint density at radius 2 is 1.66 bits per heavy atom. The third kappa shape index (κ3) is 7.83. The molecule has 1 unspecified atom stereocenters. The lowest BCUT2D eigenvalue weighted by Crippen LogP contribution is -2.49. The van der Waals surface area contributed by atoms with E-state index in [1.165, 1.54) is 0 Å². The lowest BCUT2D eigenvalue weighted by molar-refractivity contribution is -0.202. The maximum Gasteiger partial charge on any atom is 0.705 e. The van der Waals surface area contributed by atoms with Gasteiger partial charge >= 0.3 is 8.80 Å². The van der Waals surface area contributed by atoms with Crippen molar-refractivity contribution in [3.8, 4) is 11.5 Å². The standard InChI is InChI=1S/C22H32O9Si/c1-15(2)13-22(6)27-14-19-12-20(8-9-21(19)28-22)26-10-7-11-32(29-16(3)23,30-17(4)24)31-18(5)25/h8-9,12,15H,7,10-11,13-14H2,1-6H3. The van der Waals surface area contributed by atoms with Gasteiger partial charge in [0.15, 0.2) is 0 Å². The molecule has 2 rings (SSSR count). The van der Waals surface area contributed by atoms with Crippen LogP contribution in [0.1, 0.15) is 59.9 Å². The molecule has 178 valence electrons. The SMILES string of the molecule is CC(=O)O[Si](CCCOc1ccc2c(c1)COC(C)(CC(C)C)O2)(OC(C)=O)OC(C)=O. The van der Waals surface area contributed by atoms with Crippen molar-refractivity contribution in [3.05, 3.63) is 23.8 Å². The molecule has 1 aromatic carbocycles. The van der Waals surface area contributed by atoms with Crippen molar-refractivity contribution >= 4 is 26.7 Å². The lowest BCUT2D eigenvalue weighted by Gasteiger charge is -2.36. The summed E-state index contributed by atoms with van der Waals surface area (Å²) in [5.41, 5.74) is 0.882. The molecular formula is C22H32O9Si. The average molecular weight is 469 g/mol. The van der Waals surface area contributed by atoms with Crippen molar-refractivity contribution in [1.82, 2.24) is 0 Å². The van der Waals surface area contributed by atoms with Crippen LogP contribution < -0.4 is 9.47 Å². The minimum Gasteiger partial charge on any atom is -0.494 e. The van der Waals surface area contributed by atoms with E-state index in [4.69, 9.17) is 27.5 Å². The van der Waals surface area contributed by atoms with Gasteiger partial charge in [-0.1, -0.05) is 13.8 Å². The Morgan fingerprint density at radius 1 is 1.06 bits per heavy atom. The van der Waals surface area contributed by atoms with E-state index in [9.17, 15) is 14.4 Å². The zero-order valence-corrected chi connectivity index (χ0v) is 20.5. The Morgan fingerprint density at radius 3 is 2.19 bits per heavy atom. The zero-order valence-electron chi connectivity index (χ0n) is 19.5. The van der Waals surface area contributed by atoms with Crippen LogP contribution in [0.25, 0.3) is 0 Å². The van der Waals surface area contributed by atoms with Gasteiger partial charge in [-0.05, 0) is 30.5 Å². The number of hydrogen-bond acceptors (Lipinski definition) is 9. The summed E-state index contributed by atoms with van der Waals surface area (Å²) in [5.74, 6) is -0.925. The van der Waals surface area contributed by atoms with Gasteiger partial charge in [0, 0.05) is 39.7 Å². The number of hydrogen-bond donors (Lipinski definition) is 0. The third-order valence-electron chi connectivity index (χ3n) is 4.46. The highest BCUT2D eigenvalue weighted by Gasteiger charge is 2.51. The summed E-state index contributed by atoms with van der Waals surface area (Å²) in [6.07, 6.45) is 1.11. The molecule has 0 N–H and O–H groups in total. The van der Waals surface area contributed by atoms with Crippen LogP contribution in [0.4, 0.5) is 0 Å². The number of ether oxygens (including phenoxy) is 3. The molecule has 0 saturated carbocycles.